The first-order valence-corrected chi connectivity index (χ1v) is 7.04. The largest absolute Gasteiger partial charge is 0.506 e. The van der Waals surface area contributed by atoms with Gasteiger partial charge < -0.3 is 15.2 Å². The van der Waals surface area contributed by atoms with E-state index in [1.54, 1.807) is 12.1 Å². The number of nitrogens with one attached hydrogen (secondary N) is 1. The van der Waals surface area contributed by atoms with Gasteiger partial charge in [0, 0.05) is 32.2 Å². The molecule has 1 aromatic carbocycles. The van der Waals surface area contributed by atoms with E-state index < -0.39 is 0 Å². The highest BCUT2D eigenvalue weighted by molar-refractivity contribution is 6.32. The number of phenols is 1. The Hall–Kier alpha value is -0.810. The van der Waals surface area contributed by atoms with Gasteiger partial charge in [0.2, 0.25) is 0 Å². The maximum atomic E-state index is 9.37. The number of morpholine rings is 1. The Morgan fingerprint density at radius 2 is 2.16 bits per heavy atom. The lowest BCUT2D eigenvalue weighted by Gasteiger charge is -2.29. The molecule has 5 heteroatoms. The van der Waals surface area contributed by atoms with Crippen molar-refractivity contribution in [1.29, 1.82) is 0 Å². The first-order valence-electron chi connectivity index (χ1n) is 6.66. The molecule has 1 aliphatic rings. The minimum atomic E-state index is 0.131. The molecule has 2 N–H and O–H groups in total. The van der Waals surface area contributed by atoms with Gasteiger partial charge in [-0.2, -0.15) is 0 Å². The minimum Gasteiger partial charge on any atom is -0.506 e. The zero-order chi connectivity index (χ0) is 13.7. The molecule has 1 heterocycles. The monoisotopic (exact) mass is 284 g/mol. The molecule has 19 heavy (non-hydrogen) atoms. The van der Waals surface area contributed by atoms with Crippen molar-refractivity contribution in [3.05, 3.63) is 28.8 Å². The summed E-state index contributed by atoms with van der Waals surface area (Å²) >= 11 is 5.88. The fourth-order valence-corrected chi connectivity index (χ4v) is 2.39. The normalized spacial score (nSPS) is 18.4. The van der Waals surface area contributed by atoms with Gasteiger partial charge in [-0.15, -0.1) is 0 Å². The molecule has 0 bridgehead atoms. The van der Waals surface area contributed by atoms with E-state index >= 15 is 0 Å². The number of hydrogen-bond donors (Lipinski definition) is 2. The molecule has 0 aliphatic carbocycles. The van der Waals surface area contributed by atoms with Crippen LogP contribution in [0.25, 0.3) is 0 Å². The van der Waals surface area contributed by atoms with E-state index in [4.69, 9.17) is 16.3 Å². The Labute approximate surface area is 119 Å². The van der Waals surface area contributed by atoms with E-state index in [1.807, 2.05) is 6.07 Å². The van der Waals surface area contributed by atoms with Crippen molar-refractivity contribution in [2.75, 3.05) is 32.8 Å². The Morgan fingerprint density at radius 1 is 1.42 bits per heavy atom. The number of hydrogen-bond acceptors (Lipinski definition) is 4. The van der Waals surface area contributed by atoms with Crippen molar-refractivity contribution < 1.29 is 9.84 Å². The number of phenolic OH excluding ortho intramolecular Hbond substituents is 1. The summed E-state index contributed by atoms with van der Waals surface area (Å²) in [5, 5.41) is 13.2. The molecule has 1 fully saturated rings. The van der Waals surface area contributed by atoms with E-state index in [-0.39, 0.29) is 5.75 Å². The molecule has 2 rings (SSSR count). The number of ether oxygens (including phenoxy) is 1. The van der Waals surface area contributed by atoms with Gasteiger partial charge in [-0.3, -0.25) is 4.90 Å². The summed E-state index contributed by atoms with van der Waals surface area (Å²) in [5.74, 6) is 0.131. The number of halogens is 1. The van der Waals surface area contributed by atoms with Crippen LogP contribution in [0.2, 0.25) is 5.02 Å². The van der Waals surface area contributed by atoms with Crippen LogP contribution >= 0.6 is 11.6 Å². The van der Waals surface area contributed by atoms with Gasteiger partial charge in [-0.05, 0) is 24.6 Å². The second kappa shape index (κ2) is 7.10. The second-order valence-corrected chi connectivity index (χ2v) is 5.39. The molecule has 0 spiro atoms. The van der Waals surface area contributed by atoms with Crippen molar-refractivity contribution in [1.82, 2.24) is 10.2 Å². The maximum Gasteiger partial charge on any atom is 0.134 e. The quantitative estimate of drug-likeness (QED) is 0.866. The number of benzene rings is 1. The van der Waals surface area contributed by atoms with Gasteiger partial charge >= 0.3 is 0 Å². The summed E-state index contributed by atoms with van der Waals surface area (Å²) in [4.78, 5) is 2.41. The van der Waals surface area contributed by atoms with Crippen LogP contribution < -0.4 is 5.32 Å². The number of nitrogens with zero attached hydrogens (tertiary/aromatic N) is 1. The molecule has 1 aromatic rings. The molecular weight excluding hydrogens is 264 g/mol. The van der Waals surface area contributed by atoms with E-state index in [0.29, 0.717) is 11.1 Å². The molecule has 0 aromatic heterocycles. The third-order valence-corrected chi connectivity index (χ3v) is 3.61. The molecular formula is C14H21ClN2O2. The second-order valence-electron chi connectivity index (χ2n) is 4.98. The van der Waals surface area contributed by atoms with E-state index in [9.17, 15) is 5.11 Å². The number of aromatic hydroxyl groups is 1. The van der Waals surface area contributed by atoms with Crippen molar-refractivity contribution in [3.8, 4) is 5.75 Å². The smallest absolute Gasteiger partial charge is 0.134 e. The lowest BCUT2D eigenvalue weighted by molar-refractivity contribution is 0.0343. The Bertz CT molecular complexity index is 408. The van der Waals surface area contributed by atoms with Crippen LogP contribution in [-0.4, -0.2) is 48.9 Å². The SMILES string of the molecule is CC(CN1CCOCC1)NCc1ccc(O)c(Cl)c1. The minimum absolute atomic E-state index is 0.131. The third kappa shape index (κ3) is 4.66. The van der Waals surface area contributed by atoms with Crippen molar-refractivity contribution >= 4 is 11.6 Å². The summed E-state index contributed by atoms with van der Waals surface area (Å²) in [6.07, 6.45) is 0. The van der Waals surface area contributed by atoms with Crippen LogP contribution in [0.3, 0.4) is 0 Å². The highest BCUT2D eigenvalue weighted by Gasteiger charge is 2.13. The van der Waals surface area contributed by atoms with Gasteiger partial charge in [0.25, 0.3) is 0 Å². The zero-order valence-electron chi connectivity index (χ0n) is 11.2. The molecule has 1 saturated heterocycles. The fourth-order valence-electron chi connectivity index (χ4n) is 2.19. The van der Waals surface area contributed by atoms with E-state index in [0.717, 1.165) is 45.0 Å². The predicted octanol–water partition coefficient (Wildman–Crippen LogP) is 1.86. The van der Waals surface area contributed by atoms with Crippen molar-refractivity contribution in [2.45, 2.75) is 19.5 Å². The Balaban J connectivity index is 1.75. The lowest BCUT2D eigenvalue weighted by Crippen LogP contribution is -2.44. The zero-order valence-corrected chi connectivity index (χ0v) is 12.0. The van der Waals surface area contributed by atoms with Crippen molar-refractivity contribution in [3.63, 3.8) is 0 Å². The average molecular weight is 285 g/mol. The molecule has 106 valence electrons. The lowest BCUT2D eigenvalue weighted by atomic mass is 10.2. The topological polar surface area (TPSA) is 44.7 Å². The molecule has 1 aliphatic heterocycles. The Kier molecular flexibility index (Phi) is 5.45. The molecule has 1 atom stereocenters. The van der Waals surface area contributed by atoms with E-state index in [2.05, 4.69) is 17.1 Å². The third-order valence-electron chi connectivity index (χ3n) is 3.30. The predicted molar refractivity (Wildman–Crippen MR) is 76.7 cm³/mol. The summed E-state index contributed by atoms with van der Waals surface area (Å²) in [5.41, 5.74) is 1.08. The van der Waals surface area contributed by atoms with Crippen LogP contribution in [0.1, 0.15) is 12.5 Å². The van der Waals surface area contributed by atoms with Gasteiger partial charge in [-0.25, -0.2) is 0 Å². The molecule has 0 amide bonds. The summed E-state index contributed by atoms with van der Waals surface area (Å²) in [6.45, 7) is 7.65. The van der Waals surface area contributed by atoms with Gasteiger partial charge in [0.1, 0.15) is 5.75 Å². The van der Waals surface area contributed by atoms with Crippen molar-refractivity contribution in [2.24, 2.45) is 0 Å². The van der Waals surface area contributed by atoms with Crippen LogP contribution in [0.15, 0.2) is 18.2 Å². The maximum absolute atomic E-state index is 9.37. The average Bonchev–Trinajstić information content (AvgIpc) is 2.41. The fraction of sp³-hybridized carbons (Fsp3) is 0.571. The Morgan fingerprint density at radius 3 is 2.84 bits per heavy atom. The van der Waals surface area contributed by atoms with Gasteiger partial charge in [0.15, 0.2) is 0 Å². The first-order chi connectivity index (χ1) is 9.15. The summed E-state index contributed by atoms with van der Waals surface area (Å²) < 4.78 is 5.33. The van der Waals surface area contributed by atoms with Gasteiger partial charge in [-0.1, -0.05) is 17.7 Å². The first kappa shape index (κ1) is 14.6. The summed E-state index contributed by atoms with van der Waals surface area (Å²) in [6, 6.07) is 5.72. The highest BCUT2D eigenvalue weighted by Crippen LogP contribution is 2.23. The van der Waals surface area contributed by atoms with Crippen LogP contribution in [0.4, 0.5) is 0 Å². The molecule has 1 unspecified atom stereocenters. The number of rotatable bonds is 5. The highest BCUT2D eigenvalue weighted by atomic mass is 35.5. The van der Waals surface area contributed by atoms with Crippen LogP contribution in [0.5, 0.6) is 5.75 Å². The molecule has 0 saturated carbocycles. The van der Waals surface area contributed by atoms with Gasteiger partial charge in [0.05, 0.1) is 18.2 Å². The molecule has 4 nitrogen and oxygen atoms in total. The van der Waals surface area contributed by atoms with Crippen LogP contribution in [0, 0.1) is 0 Å². The van der Waals surface area contributed by atoms with Crippen LogP contribution in [-0.2, 0) is 11.3 Å². The van der Waals surface area contributed by atoms with E-state index in [1.165, 1.54) is 0 Å². The summed E-state index contributed by atoms with van der Waals surface area (Å²) in [7, 11) is 0. The standard InChI is InChI=1S/C14H21ClN2O2/c1-11(10-17-4-6-19-7-5-17)16-9-12-2-3-14(18)13(15)8-12/h2-3,8,11,16,18H,4-7,9-10H2,1H3. The molecule has 0 radical (unpaired) electrons.